The van der Waals surface area contributed by atoms with E-state index in [1.807, 2.05) is 0 Å². The van der Waals surface area contributed by atoms with Gasteiger partial charge < -0.3 is 10.4 Å². The number of benzene rings is 1. The monoisotopic (exact) mass is 272 g/mol. The van der Waals surface area contributed by atoms with E-state index in [-0.39, 0.29) is 5.75 Å². The molecule has 0 heterocycles. The number of hydrogen-bond acceptors (Lipinski definition) is 4. The first kappa shape index (κ1) is 14.8. The van der Waals surface area contributed by atoms with Crippen LogP contribution in [-0.2, 0) is 16.4 Å². The first-order chi connectivity index (χ1) is 8.28. The number of aromatic hydroxyl groups is 1. The summed E-state index contributed by atoms with van der Waals surface area (Å²) in [5.74, 6) is 0.106. The normalized spacial score (nSPS) is 11.8. The highest BCUT2D eigenvalue weighted by atomic mass is 32.2. The Bertz CT molecular complexity index is 498. The molecule has 0 bridgehead atoms. The van der Waals surface area contributed by atoms with E-state index in [9.17, 15) is 13.5 Å². The van der Waals surface area contributed by atoms with Crippen LogP contribution >= 0.6 is 0 Å². The van der Waals surface area contributed by atoms with Crippen molar-refractivity contribution in [3.63, 3.8) is 0 Å². The van der Waals surface area contributed by atoms with Gasteiger partial charge in [-0.15, -0.1) is 0 Å². The third kappa shape index (κ3) is 5.37. The molecule has 0 spiro atoms. The maximum atomic E-state index is 11.0. The smallest absolute Gasteiger partial charge is 0.229 e. The van der Waals surface area contributed by atoms with Gasteiger partial charge in [0.15, 0.2) is 0 Å². The van der Waals surface area contributed by atoms with Gasteiger partial charge in [-0.1, -0.05) is 19.9 Å². The summed E-state index contributed by atoms with van der Waals surface area (Å²) >= 11 is 0. The summed E-state index contributed by atoms with van der Waals surface area (Å²) in [6.45, 7) is 4.88. The quantitative estimate of drug-likeness (QED) is 0.729. The van der Waals surface area contributed by atoms with Gasteiger partial charge in [0.1, 0.15) is 5.75 Å². The second-order valence-corrected chi connectivity index (χ2v) is 6.32. The van der Waals surface area contributed by atoms with Crippen LogP contribution in [0.5, 0.6) is 5.75 Å². The number of phenols is 1. The second-order valence-electron chi connectivity index (χ2n) is 4.58. The fraction of sp³-hybridized carbons (Fsp3) is 0.500. The van der Waals surface area contributed by atoms with Crippen molar-refractivity contribution >= 4 is 15.7 Å². The van der Waals surface area contributed by atoms with E-state index in [1.165, 1.54) is 6.07 Å². The van der Waals surface area contributed by atoms with Gasteiger partial charge in [0.25, 0.3) is 0 Å². The van der Waals surface area contributed by atoms with E-state index in [1.54, 1.807) is 12.1 Å². The summed E-state index contributed by atoms with van der Waals surface area (Å²) in [7, 11) is -3.31. The minimum atomic E-state index is -3.31. The summed E-state index contributed by atoms with van der Waals surface area (Å²) in [4.78, 5) is 0. The van der Waals surface area contributed by atoms with Gasteiger partial charge in [-0.2, -0.15) is 0 Å². The van der Waals surface area contributed by atoms with Crippen LogP contribution in [0.15, 0.2) is 18.2 Å². The van der Waals surface area contributed by atoms with Crippen LogP contribution in [0.25, 0.3) is 0 Å². The minimum absolute atomic E-state index is 0.106. The Hall–Kier alpha value is -1.27. The predicted octanol–water partition coefficient (Wildman–Crippen LogP) is 1.30. The van der Waals surface area contributed by atoms with E-state index in [4.69, 9.17) is 0 Å². The maximum Gasteiger partial charge on any atom is 0.229 e. The van der Waals surface area contributed by atoms with Crippen LogP contribution in [0.4, 0.5) is 5.69 Å². The van der Waals surface area contributed by atoms with E-state index in [0.717, 1.165) is 18.4 Å². The van der Waals surface area contributed by atoms with Crippen LogP contribution < -0.4 is 10.0 Å². The molecule has 0 radical (unpaired) electrons. The number of rotatable bonds is 6. The average Bonchev–Trinajstić information content (AvgIpc) is 2.18. The van der Waals surface area contributed by atoms with Crippen molar-refractivity contribution in [3.8, 4) is 5.75 Å². The second kappa shape index (κ2) is 6.06. The molecule has 5 nitrogen and oxygen atoms in total. The molecule has 0 aromatic heterocycles. The Labute approximate surface area is 108 Å². The molecule has 6 heteroatoms. The number of sulfonamides is 1. The molecule has 102 valence electrons. The van der Waals surface area contributed by atoms with E-state index in [0.29, 0.717) is 18.2 Å². The number of nitrogens with one attached hydrogen (secondary N) is 2. The maximum absolute atomic E-state index is 11.0. The molecule has 1 rings (SSSR count). The zero-order valence-corrected chi connectivity index (χ0v) is 11.7. The van der Waals surface area contributed by atoms with Crippen LogP contribution in [0, 0.1) is 0 Å². The molecule has 0 saturated carbocycles. The molecule has 0 amide bonds. The fourth-order valence-corrected chi connectivity index (χ4v) is 2.10. The van der Waals surface area contributed by atoms with Crippen molar-refractivity contribution in [1.82, 2.24) is 5.32 Å². The van der Waals surface area contributed by atoms with Crippen molar-refractivity contribution in [2.24, 2.45) is 0 Å². The predicted molar refractivity (Wildman–Crippen MR) is 73.4 cm³/mol. The van der Waals surface area contributed by atoms with E-state index in [2.05, 4.69) is 23.9 Å². The molecule has 0 saturated heterocycles. The average molecular weight is 272 g/mol. The van der Waals surface area contributed by atoms with Crippen molar-refractivity contribution in [1.29, 1.82) is 0 Å². The first-order valence-corrected chi connectivity index (χ1v) is 7.70. The standard InChI is InChI=1S/C12H20N2O3S/c1-9(2)13-7-6-10-4-5-11(8-12(10)15)14-18(3,16)17/h4-5,8-9,13-15H,6-7H2,1-3H3. The first-order valence-electron chi connectivity index (χ1n) is 5.81. The van der Waals surface area contributed by atoms with Gasteiger partial charge in [-0.25, -0.2) is 8.42 Å². The molecule has 3 N–H and O–H groups in total. The number of hydrogen-bond donors (Lipinski definition) is 3. The fourth-order valence-electron chi connectivity index (χ4n) is 1.55. The lowest BCUT2D eigenvalue weighted by Gasteiger charge is -2.10. The Morgan fingerprint density at radius 1 is 1.33 bits per heavy atom. The minimum Gasteiger partial charge on any atom is -0.508 e. The molecule has 0 aliphatic heterocycles. The van der Waals surface area contributed by atoms with Gasteiger partial charge in [0.2, 0.25) is 10.0 Å². The third-order valence-corrected chi connectivity index (χ3v) is 2.94. The van der Waals surface area contributed by atoms with Crippen molar-refractivity contribution in [2.45, 2.75) is 26.3 Å². The van der Waals surface area contributed by atoms with Crippen LogP contribution in [0.2, 0.25) is 0 Å². The number of anilines is 1. The molecule has 1 aromatic rings. The topological polar surface area (TPSA) is 78.4 Å². The van der Waals surface area contributed by atoms with Crippen LogP contribution in [-0.4, -0.2) is 32.4 Å². The molecule has 0 aliphatic carbocycles. The molecule has 1 aromatic carbocycles. The highest BCUT2D eigenvalue weighted by molar-refractivity contribution is 7.92. The van der Waals surface area contributed by atoms with E-state index < -0.39 is 10.0 Å². The lowest BCUT2D eigenvalue weighted by Crippen LogP contribution is -2.24. The Kier molecular flexibility index (Phi) is 4.98. The Balaban J connectivity index is 2.68. The Morgan fingerprint density at radius 3 is 2.50 bits per heavy atom. The van der Waals surface area contributed by atoms with Gasteiger partial charge >= 0.3 is 0 Å². The Morgan fingerprint density at radius 2 is 2.00 bits per heavy atom. The third-order valence-electron chi connectivity index (χ3n) is 2.34. The molecule has 0 unspecified atom stereocenters. The molecular formula is C12H20N2O3S. The summed E-state index contributed by atoms with van der Waals surface area (Å²) in [6.07, 6.45) is 1.77. The molecule has 0 fully saturated rings. The zero-order chi connectivity index (χ0) is 13.8. The van der Waals surface area contributed by atoms with Crippen molar-refractivity contribution < 1.29 is 13.5 Å². The van der Waals surface area contributed by atoms with E-state index >= 15 is 0 Å². The highest BCUT2D eigenvalue weighted by Crippen LogP contribution is 2.22. The van der Waals surface area contributed by atoms with Crippen LogP contribution in [0.1, 0.15) is 19.4 Å². The van der Waals surface area contributed by atoms with Crippen molar-refractivity contribution in [2.75, 3.05) is 17.5 Å². The van der Waals surface area contributed by atoms with Gasteiger partial charge in [0, 0.05) is 12.1 Å². The lowest BCUT2D eigenvalue weighted by atomic mass is 10.1. The SMILES string of the molecule is CC(C)NCCc1ccc(NS(C)(=O)=O)cc1O. The molecule has 18 heavy (non-hydrogen) atoms. The van der Waals surface area contributed by atoms with Gasteiger partial charge in [-0.3, -0.25) is 4.72 Å². The van der Waals surface area contributed by atoms with Crippen molar-refractivity contribution in [3.05, 3.63) is 23.8 Å². The largest absolute Gasteiger partial charge is 0.508 e. The molecular weight excluding hydrogens is 252 g/mol. The summed E-state index contributed by atoms with van der Waals surface area (Å²) in [6, 6.07) is 5.19. The summed E-state index contributed by atoms with van der Waals surface area (Å²) < 4.78 is 24.4. The summed E-state index contributed by atoms with van der Waals surface area (Å²) in [5.41, 5.74) is 1.16. The summed E-state index contributed by atoms with van der Waals surface area (Å²) in [5, 5.41) is 13.0. The zero-order valence-electron chi connectivity index (χ0n) is 10.9. The molecule has 0 atom stereocenters. The molecule has 0 aliphatic rings. The van der Waals surface area contributed by atoms with Gasteiger partial charge in [0.05, 0.1) is 11.9 Å². The highest BCUT2D eigenvalue weighted by Gasteiger charge is 2.06. The lowest BCUT2D eigenvalue weighted by molar-refractivity contribution is 0.466. The van der Waals surface area contributed by atoms with Gasteiger partial charge in [-0.05, 0) is 24.6 Å². The number of phenolic OH excluding ortho intramolecular Hbond substituents is 1. The van der Waals surface area contributed by atoms with Crippen LogP contribution in [0.3, 0.4) is 0 Å².